The Labute approximate surface area is 71.6 Å². The molecule has 0 saturated heterocycles. The molecular weight excluding hydrogens is 249 g/mol. The molecule has 1 rings (SSSR count). The Morgan fingerprint density at radius 3 is 2.78 bits per heavy atom. The number of hydrogen-bond acceptors (Lipinski definition) is 2. The highest BCUT2D eigenvalue weighted by molar-refractivity contribution is 14.1. The Morgan fingerprint density at radius 2 is 2.33 bits per heavy atom. The van der Waals surface area contributed by atoms with Crippen LogP contribution < -0.4 is 5.56 Å². The molecule has 0 aliphatic rings. The smallest absolute Gasteiger partial charge is 0.261 e. The normalized spacial score (nSPS) is 9.56. The summed E-state index contributed by atoms with van der Waals surface area (Å²) in [7, 11) is 0. The van der Waals surface area contributed by atoms with Gasteiger partial charge in [0.15, 0.2) is 0 Å². The van der Waals surface area contributed by atoms with E-state index in [-0.39, 0.29) is 5.56 Å². The summed E-state index contributed by atoms with van der Waals surface area (Å²) in [6.45, 7) is 0. The quantitative estimate of drug-likeness (QED) is 0.543. The number of thiol groups is 1. The Morgan fingerprint density at radius 1 is 1.67 bits per heavy atom. The number of aromatic nitrogens is 1. The highest BCUT2D eigenvalue weighted by Gasteiger charge is 1.88. The molecule has 0 atom stereocenters. The van der Waals surface area contributed by atoms with Gasteiger partial charge in [0.05, 0.1) is 0 Å². The lowest BCUT2D eigenvalue weighted by molar-refractivity contribution is 1.15. The molecule has 4 heteroatoms. The largest absolute Gasteiger partial charge is 0.268 e. The second-order valence-electron chi connectivity index (χ2n) is 1.53. The molecule has 0 spiro atoms. The predicted molar refractivity (Wildman–Crippen MR) is 47.8 cm³/mol. The first kappa shape index (κ1) is 7.14. The van der Waals surface area contributed by atoms with Crippen LogP contribution in [0.1, 0.15) is 0 Å². The van der Waals surface area contributed by atoms with Gasteiger partial charge in [-0.05, 0) is 28.7 Å². The number of nitrogens with zero attached hydrogens (tertiary/aromatic N) is 1. The van der Waals surface area contributed by atoms with E-state index in [0.717, 1.165) is 3.57 Å². The van der Waals surface area contributed by atoms with Gasteiger partial charge in [0.2, 0.25) is 0 Å². The number of hydrogen-bond donors (Lipinski definition) is 1. The summed E-state index contributed by atoms with van der Waals surface area (Å²) >= 11 is 5.92. The Balaban J connectivity index is 3.34. The zero-order chi connectivity index (χ0) is 6.85. The van der Waals surface area contributed by atoms with E-state index in [1.54, 1.807) is 6.20 Å². The lowest BCUT2D eigenvalue weighted by Crippen LogP contribution is -2.09. The van der Waals surface area contributed by atoms with Crippen molar-refractivity contribution in [2.75, 3.05) is 0 Å². The fraction of sp³-hybridized carbons (Fsp3) is 0. The first-order chi connectivity index (χ1) is 4.20. The summed E-state index contributed by atoms with van der Waals surface area (Å²) in [5.74, 6) is 0. The Bertz CT molecular complexity index is 270. The van der Waals surface area contributed by atoms with Gasteiger partial charge in [-0.3, -0.25) is 8.77 Å². The first-order valence-electron chi connectivity index (χ1n) is 2.27. The van der Waals surface area contributed by atoms with Crippen LogP contribution in [0.25, 0.3) is 0 Å². The van der Waals surface area contributed by atoms with Crippen LogP contribution in [0.5, 0.6) is 0 Å². The van der Waals surface area contributed by atoms with E-state index in [4.69, 9.17) is 0 Å². The monoisotopic (exact) mass is 253 g/mol. The van der Waals surface area contributed by atoms with Crippen molar-refractivity contribution in [1.29, 1.82) is 0 Å². The van der Waals surface area contributed by atoms with Crippen LogP contribution in [0, 0.1) is 3.57 Å². The lowest BCUT2D eigenvalue weighted by atomic mass is 10.5. The molecule has 1 heterocycles. The highest BCUT2D eigenvalue weighted by Crippen LogP contribution is 1.98. The zero-order valence-electron chi connectivity index (χ0n) is 4.41. The minimum atomic E-state index is -0.0924. The van der Waals surface area contributed by atoms with Gasteiger partial charge in [-0.2, -0.15) is 0 Å². The van der Waals surface area contributed by atoms with Gasteiger partial charge >= 0.3 is 0 Å². The van der Waals surface area contributed by atoms with Crippen LogP contribution in [-0.2, 0) is 0 Å². The van der Waals surface area contributed by atoms with Gasteiger partial charge in [0.25, 0.3) is 5.56 Å². The summed E-state index contributed by atoms with van der Waals surface area (Å²) in [5, 5.41) is 0. The summed E-state index contributed by atoms with van der Waals surface area (Å²) in [5.41, 5.74) is -0.0924. The SMILES string of the molecule is O=c1cc(I)ccn1S. The third-order valence-corrected chi connectivity index (χ3v) is 1.86. The van der Waals surface area contributed by atoms with Crippen molar-refractivity contribution >= 4 is 35.4 Å². The second-order valence-corrected chi connectivity index (χ2v) is 3.20. The van der Waals surface area contributed by atoms with E-state index in [1.165, 1.54) is 10.0 Å². The van der Waals surface area contributed by atoms with Crippen molar-refractivity contribution < 1.29 is 0 Å². The maximum atomic E-state index is 10.7. The molecule has 0 aromatic carbocycles. The van der Waals surface area contributed by atoms with E-state index < -0.39 is 0 Å². The van der Waals surface area contributed by atoms with E-state index in [0.29, 0.717) is 0 Å². The van der Waals surface area contributed by atoms with Gasteiger partial charge in [-0.25, -0.2) is 0 Å². The zero-order valence-corrected chi connectivity index (χ0v) is 7.46. The van der Waals surface area contributed by atoms with E-state index >= 15 is 0 Å². The molecule has 1 aromatic rings. The van der Waals surface area contributed by atoms with Crippen molar-refractivity contribution in [3.63, 3.8) is 0 Å². The fourth-order valence-corrected chi connectivity index (χ4v) is 0.999. The van der Waals surface area contributed by atoms with Crippen molar-refractivity contribution in [3.8, 4) is 0 Å². The van der Waals surface area contributed by atoms with Crippen molar-refractivity contribution in [2.45, 2.75) is 0 Å². The number of pyridine rings is 1. The highest BCUT2D eigenvalue weighted by atomic mass is 127. The van der Waals surface area contributed by atoms with Gasteiger partial charge < -0.3 is 0 Å². The first-order valence-corrected chi connectivity index (χ1v) is 3.75. The summed E-state index contributed by atoms with van der Waals surface area (Å²) in [6, 6.07) is 3.34. The molecule has 0 amide bonds. The molecule has 0 bridgehead atoms. The number of rotatable bonds is 0. The number of halogens is 1. The molecule has 0 aliphatic carbocycles. The summed E-state index contributed by atoms with van der Waals surface area (Å²) in [4.78, 5) is 10.7. The van der Waals surface area contributed by atoms with Gasteiger partial charge in [-0.1, -0.05) is 12.8 Å². The molecule has 0 saturated carbocycles. The van der Waals surface area contributed by atoms with Crippen LogP contribution in [0.15, 0.2) is 23.1 Å². The molecule has 0 aliphatic heterocycles. The van der Waals surface area contributed by atoms with E-state index in [2.05, 4.69) is 35.4 Å². The molecule has 0 fully saturated rings. The van der Waals surface area contributed by atoms with E-state index in [1.807, 2.05) is 6.07 Å². The molecule has 48 valence electrons. The van der Waals surface area contributed by atoms with Gasteiger partial charge in [0, 0.05) is 15.8 Å². The van der Waals surface area contributed by atoms with Gasteiger partial charge in [0.1, 0.15) is 0 Å². The minimum Gasteiger partial charge on any atom is -0.268 e. The molecule has 1 aromatic heterocycles. The van der Waals surface area contributed by atoms with Crippen LogP contribution >= 0.6 is 35.4 Å². The molecule has 9 heavy (non-hydrogen) atoms. The molecule has 0 unspecified atom stereocenters. The molecule has 2 nitrogen and oxygen atoms in total. The maximum absolute atomic E-state index is 10.7. The Kier molecular flexibility index (Phi) is 2.18. The lowest BCUT2D eigenvalue weighted by Gasteiger charge is -1.91. The maximum Gasteiger partial charge on any atom is 0.261 e. The minimum absolute atomic E-state index is 0.0924. The van der Waals surface area contributed by atoms with Crippen molar-refractivity contribution in [2.24, 2.45) is 0 Å². The third-order valence-electron chi connectivity index (χ3n) is 0.862. The average molecular weight is 253 g/mol. The van der Waals surface area contributed by atoms with Crippen LogP contribution in [0.2, 0.25) is 0 Å². The van der Waals surface area contributed by atoms with E-state index in [9.17, 15) is 4.79 Å². The van der Waals surface area contributed by atoms with Crippen LogP contribution in [-0.4, -0.2) is 3.97 Å². The van der Waals surface area contributed by atoms with Gasteiger partial charge in [-0.15, -0.1) is 0 Å². The molecular formula is C5H4INOS. The van der Waals surface area contributed by atoms with Crippen LogP contribution in [0.4, 0.5) is 0 Å². The fourth-order valence-electron chi connectivity index (χ4n) is 0.447. The summed E-state index contributed by atoms with van der Waals surface area (Å²) < 4.78 is 2.17. The second kappa shape index (κ2) is 2.74. The predicted octanol–water partition coefficient (Wildman–Crippen LogP) is 1.15. The third kappa shape index (κ3) is 1.72. The van der Waals surface area contributed by atoms with Crippen molar-refractivity contribution in [1.82, 2.24) is 3.97 Å². The topological polar surface area (TPSA) is 22.0 Å². The molecule has 0 radical (unpaired) electrons. The average Bonchev–Trinajstić information content (AvgIpc) is 1.80. The standard InChI is InChI=1S/C5H4INOS/c6-4-1-2-7(9)5(8)3-4/h1-3,9H. The molecule has 0 N–H and O–H groups in total. The Hall–Kier alpha value is 0.0300. The van der Waals surface area contributed by atoms with Crippen LogP contribution in [0.3, 0.4) is 0 Å². The summed E-state index contributed by atoms with van der Waals surface area (Å²) in [6.07, 6.45) is 1.62. The van der Waals surface area contributed by atoms with Crippen molar-refractivity contribution in [3.05, 3.63) is 32.3 Å².